The molecule has 1 aliphatic rings. The molecule has 0 aliphatic heterocycles. The molecule has 0 spiro atoms. The average molecular weight is 316 g/mol. The highest BCUT2D eigenvalue weighted by molar-refractivity contribution is 7.86. The molecule has 114 valence electrons. The van der Waals surface area contributed by atoms with E-state index < -0.39 is 10.1 Å². The van der Waals surface area contributed by atoms with Crippen molar-refractivity contribution in [2.75, 3.05) is 0 Å². The molecule has 0 bridgehead atoms. The maximum Gasteiger partial charge on any atom is 0.297 e. The first-order valence-electron chi connectivity index (χ1n) is 7.08. The van der Waals surface area contributed by atoms with Crippen LogP contribution in [0.3, 0.4) is 0 Å². The molecular weight excluding hydrogens is 300 g/mol. The van der Waals surface area contributed by atoms with Gasteiger partial charge in [-0.05, 0) is 42.2 Å². The Kier molecular flexibility index (Phi) is 3.85. The number of benzene rings is 2. The van der Waals surface area contributed by atoms with Gasteiger partial charge in [0.15, 0.2) is 5.78 Å². The first-order chi connectivity index (χ1) is 10.5. The van der Waals surface area contributed by atoms with Crippen molar-refractivity contribution < 1.29 is 17.4 Å². The third-order valence-electron chi connectivity index (χ3n) is 3.96. The average Bonchev–Trinajstić information content (AvgIpc) is 2.88. The number of carbonyl (C=O) groups is 1. The van der Waals surface area contributed by atoms with Gasteiger partial charge in [0.25, 0.3) is 10.1 Å². The number of Topliss-reactive ketones (excluding diaryl/α,β-unsaturated/α-hetero) is 1. The lowest BCUT2D eigenvalue weighted by Crippen LogP contribution is -2.09. The zero-order valence-corrected chi connectivity index (χ0v) is 13.0. The van der Waals surface area contributed by atoms with Crippen LogP contribution in [0.2, 0.25) is 0 Å². The van der Waals surface area contributed by atoms with Crippen molar-refractivity contribution in [3.05, 3.63) is 64.7 Å². The zero-order chi connectivity index (χ0) is 15.7. The van der Waals surface area contributed by atoms with E-state index in [1.54, 1.807) is 18.2 Å². The Balaban J connectivity index is 1.88. The van der Waals surface area contributed by atoms with E-state index in [0.717, 1.165) is 16.7 Å². The van der Waals surface area contributed by atoms with Crippen LogP contribution in [0.4, 0.5) is 0 Å². The van der Waals surface area contributed by atoms with Crippen LogP contribution >= 0.6 is 0 Å². The van der Waals surface area contributed by atoms with Gasteiger partial charge >= 0.3 is 0 Å². The zero-order valence-electron chi connectivity index (χ0n) is 12.2. The standard InChI is InChI=1S/C17H16O4S/c1-12-7-8-15-14(9-10-17(15)18)16(12)11-21-22(19,20)13-5-3-2-4-6-13/h2-8H,9-11H2,1H3. The molecule has 5 heteroatoms. The summed E-state index contributed by atoms with van der Waals surface area (Å²) in [5.41, 5.74) is 3.37. The van der Waals surface area contributed by atoms with Crippen molar-refractivity contribution in [2.45, 2.75) is 31.3 Å². The van der Waals surface area contributed by atoms with Crippen LogP contribution in [0.5, 0.6) is 0 Å². The molecule has 0 saturated heterocycles. The monoisotopic (exact) mass is 316 g/mol. The van der Waals surface area contributed by atoms with Gasteiger partial charge in [-0.3, -0.25) is 8.98 Å². The van der Waals surface area contributed by atoms with Gasteiger partial charge < -0.3 is 0 Å². The lowest BCUT2D eigenvalue weighted by molar-refractivity contribution is 0.0994. The molecule has 22 heavy (non-hydrogen) atoms. The molecule has 0 fully saturated rings. The summed E-state index contributed by atoms with van der Waals surface area (Å²) < 4.78 is 29.6. The van der Waals surface area contributed by atoms with Crippen molar-refractivity contribution in [2.24, 2.45) is 0 Å². The maximum atomic E-state index is 12.2. The molecular formula is C17H16O4S. The van der Waals surface area contributed by atoms with Gasteiger partial charge in [-0.1, -0.05) is 30.3 Å². The summed E-state index contributed by atoms with van der Waals surface area (Å²) in [4.78, 5) is 11.9. The molecule has 2 aromatic rings. The summed E-state index contributed by atoms with van der Waals surface area (Å²) in [6.07, 6.45) is 1.14. The predicted molar refractivity (Wildman–Crippen MR) is 82.2 cm³/mol. The van der Waals surface area contributed by atoms with Crippen LogP contribution in [0.1, 0.15) is 33.5 Å². The lowest BCUT2D eigenvalue weighted by Gasteiger charge is -2.12. The first-order valence-corrected chi connectivity index (χ1v) is 8.49. The molecule has 0 aromatic heterocycles. The number of carbonyl (C=O) groups excluding carboxylic acids is 1. The Hall–Kier alpha value is -1.98. The van der Waals surface area contributed by atoms with Gasteiger partial charge in [-0.15, -0.1) is 0 Å². The molecule has 0 unspecified atom stereocenters. The smallest absolute Gasteiger partial charge is 0.294 e. The Morgan fingerprint density at radius 2 is 1.77 bits per heavy atom. The van der Waals surface area contributed by atoms with E-state index in [1.165, 1.54) is 12.1 Å². The first kappa shape index (κ1) is 14.9. The summed E-state index contributed by atoms with van der Waals surface area (Å²) in [5, 5.41) is 0. The van der Waals surface area contributed by atoms with Crippen LogP contribution in [0.25, 0.3) is 0 Å². The highest BCUT2D eigenvalue weighted by Crippen LogP contribution is 2.29. The Morgan fingerprint density at radius 3 is 2.50 bits per heavy atom. The SMILES string of the molecule is Cc1ccc2c(c1COS(=O)(=O)c1ccccc1)CCC2=O. The molecule has 1 aliphatic carbocycles. The van der Waals surface area contributed by atoms with E-state index in [-0.39, 0.29) is 17.3 Å². The number of hydrogen-bond donors (Lipinski definition) is 0. The molecule has 3 rings (SSSR count). The normalized spacial score (nSPS) is 14.1. The fourth-order valence-corrected chi connectivity index (χ4v) is 3.62. The molecule has 0 heterocycles. The summed E-state index contributed by atoms with van der Waals surface area (Å²) in [6.45, 7) is 1.86. The quantitative estimate of drug-likeness (QED) is 0.814. The van der Waals surface area contributed by atoms with Crippen LogP contribution in [0.15, 0.2) is 47.4 Å². The van der Waals surface area contributed by atoms with E-state index in [9.17, 15) is 13.2 Å². The second-order valence-corrected chi connectivity index (χ2v) is 6.96. The minimum Gasteiger partial charge on any atom is -0.294 e. The third kappa shape index (κ3) is 2.69. The van der Waals surface area contributed by atoms with Gasteiger partial charge in [0.1, 0.15) is 0 Å². The van der Waals surface area contributed by atoms with Gasteiger partial charge in [-0.25, -0.2) is 0 Å². The van der Waals surface area contributed by atoms with Gasteiger partial charge in [0.2, 0.25) is 0 Å². The van der Waals surface area contributed by atoms with Crippen molar-refractivity contribution in [3.8, 4) is 0 Å². The van der Waals surface area contributed by atoms with Crippen LogP contribution < -0.4 is 0 Å². The number of hydrogen-bond acceptors (Lipinski definition) is 4. The number of aryl methyl sites for hydroxylation is 1. The van der Waals surface area contributed by atoms with Gasteiger partial charge in [0, 0.05) is 12.0 Å². The van der Waals surface area contributed by atoms with Crippen molar-refractivity contribution in [1.29, 1.82) is 0 Å². The number of ketones is 1. The highest BCUT2D eigenvalue weighted by atomic mass is 32.2. The molecule has 0 radical (unpaired) electrons. The summed E-state index contributed by atoms with van der Waals surface area (Å²) in [7, 11) is -3.79. The van der Waals surface area contributed by atoms with E-state index in [0.29, 0.717) is 18.4 Å². The van der Waals surface area contributed by atoms with Crippen molar-refractivity contribution in [1.82, 2.24) is 0 Å². The Labute approximate surface area is 129 Å². The lowest BCUT2D eigenvalue weighted by atomic mass is 9.99. The van der Waals surface area contributed by atoms with E-state index in [4.69, 9.17) is 4.18 Å². The van der Waals surface area contributed by atoms with Gasteiger partial charge in [-0.2, -0.15) is 8.42 Å². The topological polar surface area (TPSA) is 60.4 Å². The maximum absolute atomic E-state index is 12.2. The molecule has 4 nitrogen and oxygen atoms in total. The van der Waals surface area contributed by atoms with Gasteiger partial charge in [0.05, 0.1) is 11.5 Å². The van der Waals surface area contributed by atoms with Crippen LogP contribution in [-0.4, -0.2) is 14.2 Å². The molecule has 0 saturated carbocycles. The number of fused-ring (bicyclic) bond motifs is 1. The second kappa shape index (κ2) is 5.66. The molecule has 0 amide bonds. The van der Waals surface area contributed by atoms with E-state index in [1.807, 2.05) is 19.1 Å². The third-order valence-corrected chi connectivity index (χ3v) is 5.24. The summed E-state index contributed by atoms with van der Waals surface area (Å²) in [5.74, 6) is 0.113. The fraction of sp³-hybridized carbons (Fsp3) is 0.235. The van der Waals surface area contributed by atoms with E-state index >= 15 is 0 Å². The summed E-state index contributed by atoms with van der Waals surface area (Å²) >= 11 is 0. The minimum atomic E-state index is -3.79. The predicted octanol–water partition coefficient (Wildman–Crippen LogP) is 3.03. The molecule has 0 N–H and O–H groups in total. The highest BCUT2D eigenvalue weighted by Gasteiger charge is 2.24. The van der Waals surface area contributed by atoms with Crippen LogP contribution in [0, 0.1) is 6.92 Å². The Morgan fingerprint density at radius 1 is 1.05 bits per heavy atom. The van der Waals surface area contributed by atoms with Crippen LogP contribution in [-0.2, 0) is 27.3 Å². The van der Waals surface area contributed by atoms with Crippen molar-refractivity contribution in [3.63, 3.8) is 0 Å². The van der Waals surface area contributed by atoms with E-state index in [2.05, 4.69) is 0 Å². The second-order valence-electron chi connectivity index (χ2n) is 5.34. The fourth-order valence-electron chi connectivity index (χ4n) is 2.72. The molecule has 2 aromatic carbocycles. The van der Waals surface area contributed by atoms with Crippen molar-refractivity contribution >= 4 is 15.9 Å². The largest absolute Gasteiger partial charge is 0.297 e. The Bertz CT molecular complexity index is 823. The number of rotatable bonds is 4. The molecule has 0 atom stereocenters. The minimum absolute atomic E-state index is 0.0421. The summed E-state index contributed by atoms with van der Waals surface area (Å²) in [6, 6.07) is 11.7.